The minimum atomic E-state index is -3.20. The van der Waals surface area contributed by atoms with E-state index < -0.39 is 15.9 Å². The SMILES string of the molecule is O=C(NCc1cnc(-c2ccc(NCC3(c4ncccc4F)CCC3)nn2)s1)C1CS(=O)(=O)CCN1. The van der Waals surface area contributed by atoms with Crippen LogP contribution in [0.15, 0.2) is 36.7 Å². The number of pyridine rings is 1. The zero-order chi connectivity index (χ0) is 25.2. The number of carbonyl (C=O) groups excluding carboxylic acids is 1. The molecule has 3 N–H and O–H groups in total. The van der Waals surface area contributed by atoms with Crippen LogP contribution in [-0.4, -0.2) is 65.1 Å². The van der Waals surface area contributed by atoms with Crippen molar-refractivity contribution in [2.75, 3.05) is 29.9 Å². The molecule has 13 heteroatoms. The van der Waals surface area contributed by atoms with Crippen molar-refractivity contribution < 1.29 is 17.6 Å². The van der Waals surface area contributed by atoms with E-state index in [1.807, 2.05) is 12.1 Å². The number of anilines is 1. The molecule has 4 heterocycles. The molecule has 1 aliphatic heterocycles. The maximum atomic E-state index is 14.3. The summed E-state index contributed by atoms with van der Waals surface area (Å²) in [4.78, 5) is 21.8. The quantitative estimate of drug-likeness (QED) is 0.396. The smallest absolute Gasteiger partial charge is 0.238 e. The maximum Gasteiger partial charge on any atom is 0.238 e. The standard InChI is InChI=1S/C23H26FN7O3S2/c24-16-3-1-8-26-20(16)23(6-2-7-23)14-29-19-5-4-17(30-31-19)22-28-12-15(35-22)11-27-21(32)18-13-36(33,34)10-9-25-18/h1,3-5,8,12,18,25H,2,6-7,9-11,13-14H2,(H,27,32)(H,29,31). The first-order valence-corrected chi connectivity index (χ1v) is 14.3. The molecule has 36 heavy (non-hydrogen) atoms. The molecular weight excluding hydrogens is 505 g/mol. The van der Waals surface area contributed by atoms with Gasteiger partial charge in [-0.25, -0.2) is 17.8 Å². The number of hydrogen-bond acceptors (Lipinski definition) is 10. The highest BCUT2D eigenvalue weighted by Gasteiger charge is 2.41. The first kappa shape index (κ1) is 24.7. The zero-order valence-electron chi connectivity index (χ0n) is 19.4. The molecule has 0 spiro atoms. The van der Waals surface area contributed by atoms with E-state index in [0.29, 0.717) is 28.8 Å². The van der Waals surface area contributed by atoms with Crippen LogP contribution in [0.2, 0.25) is 0 Å². The summed E-state index contributed by atoms with van der Waals surface area (Å²) in [5, 5.41) is 18.1. The summed E-state index contributed by atoms with van der Waals surface area (Å²) >= 11 is 1.37. The van der Waals surface area contributed by atoms with Crippen LogP contribution >= 0.6 is 11.3 Å². The first-order valence-electron chi connectivity index (χ1n) is 11.7. The van der Waals surface area contributed by atoms with E-state index in [-0.39, 0.29) is 41.7 Å². The Bertz CT molecular complexity index is 1340. The number of thiazole rings is 1. The van der Waals surface area contributed by atoms with Gasteiger partial charge in [0.2, 0.25) is 5.91 Å². The van der Waals surface area contributed by atoms with Crippen molar-refractivity contribution in [2.45, 2.75) is 37.3 Å². The van der Waals surface area contributed by atoms with Crippen molar-refractivity contribution in [1.82, 2.24) is 30.8 Å². The Balaban J connectivity index is 1.16. The van der Waals surface area contributed by atoms with Crippen LogP contribution < -0.4 is 16.0 Å². The number of rotatable bonds is 8. The lowest BCUT2D eigenvalue weighted by Gasteiger charge is -2.41. The fourth-order valence-corrected chi connectivity index (χ4v) is 6.63. The molecule has 2 aliphatic rings. The van der Waals surface area contributed by atoms with E-state index in [1.165, 1.54) is 17.4 Å². The average Bonchev–Trinajstić information content (AvgIpc) is 3.32. The second-order valence-corrected chi connectivity index (χ2v) is 12.4. The molecule has 1 saturated carbocycles. The molecule has 1 atom stereocenters. The number of carbonyl (C=O) groups is 1. The van der Waals surface area contributed by atoms with Crippen LogP contribution in [0, 0.1) is 5.82 Å². The van der Waals surface area contributed by atoms with Gasteiger partial charge in [0, 0.05) is 35.8 Å². The van der Waals surface area contributed by atoms with E-state index in [2.05, 4.69) is 36.1 Å². The van der Waals surface area contributed by atoms with Crippen LogP contribution in [0.5, 0.6) is 0 Å². The molecule has 3 aromatic rings. The molecule has 2 fully saturated rings. The third-order valence-electron chi connectivity index (χ3n) is 6.59. The molecule has 1 aliphatic carbocycles. The van der Waals surface area contributed by atoms with Crippen LogP contribution in [0.1, 0.15) is 29.8 Å². The molecule has 190 valence electrons. The van der Waals surface area contributed by atoms with Gasteiger partial charge in [0.25, 0.3) is 0 Å². The molecule has 0 radical (unpaired) electrons. The van der Waals surface area contributed by atoms with Gasteiger partial charge in [0.1, 0.15) is 28.4 Å². The van der Waals surface area contributed by atoms with Crippen LogP contribution in [-0.2, 0) is 26.6 Å². The molecule has 5 rings (SSSR count). The molecule has 1 saturated heterocycles. The summed E-state index contributed by atoms with van der Waals surface area (Å²) in [6, 6.07) is 5.92. The van der Waals surface area contributed by atoms with E-state index in [0.717, 1.165) is 24.1 Å². The summed E-state index contributed by atoms with van der Waals surface area (Å²) < 4.78 is 37.8. The molecule has 10 nitrogen and oxygen atoms in total. The van der Waals surface area contributed by atoms with Crippen molar-refractivity contribution in [3.05, 3.63) is 53.0 Å². The van der Waals surface area contributed by atoms with Crippen molar-refractivity contribution in [3.63, 3.8) is 0 Å². The van der Waals surface area contributed by atoms with Gasteiger partial charge in [-0.1, -0.05) is 6.42 Å². The molecule has 3 aromatic heterocycles. The van der Waals surface area contributed by atoms with E-state index >= 15 is 0 Å². The van der Waals surface area contributed by atoms with Gasteiger partial charge in [-0.05, 0) is 37.1 Å². The third-order valence-corrected chi connectivity index (χ3v) is 9.28. The van der Waals surface area contributed by atoms with Crippen molar-refractivity contribution >= 4 is 32.9 Å². The fraction of sp³-hybridized carbons (Fsp3) is 0.435. The van der Waals surface area contributed by atoms with Gasteiger partial charge < -0.3 is 16.0 Å². The van der Waals surface area contributed by atoms with Gasteiger partial charge in [-0.15, -0.1) is 21.5 Å². The molecule has 0 bridgehead atoms. The van der Waals surface area contributed by atoms with Gasteiger partial charge in [0.15, 0.2) is 9.84 Å². The monoisotopic (exact) mass is 531 g/mol. The van der Waals surface area contributed by atoms with Gasteiger partial charge >= 0.3 is 0 Å². The minimum absolute atomic E-state index is 0.0496. The predicted octanol–water partition coefficient (Wildman–Crippen LogP) is 1.67. The Morgan fingerprint density at radius 2 is 2.08 bits per heavy atom. The normalized spacial score (nSPS) is 20.3. The molecule has 1 amide bonds. The van der Waals surface area contributed by atoms with E-state index in [4.69, 9.17) is 0 Å². The highest BCUT2D eigenvalue weighted by molar-refractivity contribution is 7.91. The van der Waals surface area contributed by atoms with Crippen LogP contribution in [0.4, 0.5) is 10.2 Å². The number of sulfone groups is 1. The Morgan fingerprint density at radius 1 is 1.22 bits per heavy atom. The van der Waals surface area contributed by atoms with Crippen LogP contribution in [0.25, 0.3) is 10.7 Å². The average molecular weight is 532 g/mol. The second kappa shape index (κ2) is 10.1. The summed E-state index contributed by atoms with van der Waals surface area (Å²) in [7, 11) is -3.20. The minimum Gasteiger partial charge on any atom is -0.368 e. The highest BCUT2D eigenvalue weighted by atomic mass is 32.2. The summed E-state index contributed by atoms with van der Waals surface area (Å²) in [5.74, 6) is -0.191. The molecule has 1 unspecified atom stereocenters. The Hall–Kier alpha value is -3.03. The van der Waals surface area contributed by atoms with Gasteiger partial charge in [0.05, 0.1) is 23.7 Å². The molecular formula is C23H26FN7O3S2. The topological polar surface area (TPSA) is 139 Å². The third kappa shape index (κ3) is 5.37. The van der Waals surface area contributed by atoms with Crippen LogP contribution in [0.3, 0.4) is 0 Å². The number of nitrogens with zero attached hydrogens (tertiary/aromatic N) is 4. The summed E-state index contributed by atoms with van der Waals surface area (Å²) in [6.07, 6.45) is 6.04. The number of nitrogens with one attached hydrogen (secondary N) is 3. The Labute approximate surface area is 212 Å². The second-order valence-electron chi connectivity index (χ2n) is 9.10. The summed E-state index contributed by atoms with van der Waals surface area (Å²) in [6.45, 7) is 1.04. The van der Waals surface area contributed by atoms with Gasteiger partial charge in [-0.2, -0.15) is 0 Å². The molecule has 0 aromatic carbocycles. The fourth-order valence-electron chi connectivity index (χ4n) is 4.44. The summed E-state index contributed by atoms with van der Waals surface area (Å²) in [5.41, 5.74) is 0.756. The first-order chi connectivity index (χ1) is 17.3. The maximum absolute atomic E-state index is 14.3. The number of halogens is 1. The van der Waals surface area contributed by atoms with Gasteiger partial charge in [-0.3, -0.25) is 9.78 Å². The van der Waals surface area contributed by atoms with E-state index in [1.54, 1.807) is 18.5 Å². The Morgan fingerprint density at radius 3 is 2.78 bits per heavy atom. The van der Waals surface area contributed by atoms with E-state index in [9.17, 15) is 17.6 Å². The number of amides is 1. The largest absolute Gasteiger partial charge is 0.368 e. The lowest BCUT2D eigenvalue weighted by Crippen LogP contribution is -2.53. The number of aromatic nitrogens is 4. The lowest BCUT2D eigenvalue weighted by molar-refractivity contribution is -0.122. The van der Waals surface area contributed by atoms with Crippen molar-refractivity contribution in [1.29, 1.82) is 0 Å². The lowest BCUT2D eigenvalue weighted by atomic mass is 9.66. The zero-order valence-corrected chi connectivity index (χ0v) is 21.0. The number of hydrogen-bond donors (Lipinski definition) is 3. The Kier molecular flexibility index (Phi) is 6.95. The highest BCUT2D eigenvalue weighted by Crippen LogP contribution is 2.43. The predicted molar refractivity (Wildman–Crippen MR) is 134 cm³/mol. The van der Waals surface area contributed by atoms with Crippen molar-refractivity contribution in [3.8, 4) is 10.7 Å². The van der Waals surface area contributed by atoms with Crippen molar-refractivity contribution in [2.24, 2.45) is 0 Å².